The van der Waals surface area contributed by atoms with Crippen LogP contribution in [0.5, 0.6) is 0 Å². The Bertz CT molecular complexity index is 936. The van der Waals surface area contributed by atoms with Crippen molar-refractivity contribution in [1.82, 2.24) is 0 Å². The average Bonchev–Trinajstić information content (AvgIpc) is 2.73. The van der Waals surface area contributed by atoms with Crippen LogP contribution in [-0.4, -0.2) is 30.4 Å². The molecule has 0 radical (unpaired) electrons. The van der Waals surface area contributed by atoms with Gasteiger partial charge in [0.25, 0.3) is 0 Å². The first kappa shape index (κ1) is 20.0. The number of carbonyl (C=O) groups excluding carboxylic acids is 2. The molecule has 1 aliphatic heterocycles. The number of hydrogen-bond acceptors (Lipinski definition) is 4. The van der Waals surface area contributed by atoms with Gasteiger partial charge in [-0.3, -0.25) is 9.59 Å². The summed E-state index contributed by atoms with van der Waals surface area (Å²) in [5.74, 6) is -0.656. The molecule has 1 saturated carbocycles. The van der Waals surface area contributed by atoms with Gasteiger partial charge in [0.1, 0.15) is 18.5 Å². The average molecular weight is 459 g/mol. The summed E-state index contributed by atoms with van der Waals surface area (Å²) in [5.41, 5.74) is 1.87. The van der Waals surface area contributed by atoms with Crippen molar-refractivity contribution in [1.29, 1.82) is 0 Å². The molecule has 150 valence electrons. The van der Waals surface area contributed by atoms with Crippen LogP contribution in [-0.2, 0) is 14.3 Å². The van der Waals surface area contributed by atoms with Gasteiger partial charge >= 0.3 is 0 Å². The van der Waals surface area contributed by atoms with Crippen LogP contribution in [0.3, 0.4) is 0 Å². The van der Waals surface area contributed by atoms with Crippen molar-refractivity contribution < 1.29 is 23.5 Å². The maximum Gasteiger partial charge on any atom is 0.188 e. The third kappa shape index (κ3) is 4.49. The smallest absolute Gasteiger partial charge is 0.188 e. The van der Waals surface area contributed by atoms with E-state index in [2.05, 4.69) is 15.9 Å². The summed E-state index contributed by atoms with van der Waals surface area (Å²) in [4.78, 5) is 25.2. The molecule has 4 rings (SSSR count). The molecule has 3 unspecified atom stereocenters. The van der Waals surface area contributed by atoms with Gasteiger partial charge in [-0.25, -0.2) is 4.39 Å². The highest BCUT2D eigenvalue weighted by atomic mass is 79.9. The first-order chi connectivity index (χ1) is 14.0. The summed E-state index contributed by atoms with van der Waals surface area (Å²) in [6.45, 7) is -0.0678. The van der Waals surface area contributed by atoms with E-state index in [0.717, 1.165) is 10.0 Å². The maximum atomic E-state index is 13.0. The summed E-state index contributed by atoms with van der Waals surface area (Å²) in [6.07, 6.45) is 3.10. The monoisotopic (exact) mass is 458 g/mol. The summed E-state index contributed by atoms with van der Waals surface area (Å²) < 4.78 is 25.6. The molecular formula is C23H20BrFO4. The number of rotatable bonds is 5. The summed E-state index contributed by atoms with van der Waals surface area (Å²) in [6, 6.07) is 13.0. The number of fused-ring (bicyclic) bond motifs is 1. The molecule has 0 saturated heterocycles. The van der Waals surface area contributed by atoms with E-state index in [1.54, 1.807) is 6.26 Å². The van der Waals surface area contributed by atoms with Crippen LogP contribution in [0.4, 0.5) is 4.39 Å². The van der Waals surface area contributed by atoms with E-state index in [-0.39, 0.29) is 42.1 Å². The van der Waals surface area contributed by atoms with E-state index >= 15 is 0 Å². The van der Waals surface area contributed by atoms with Crippen molar-refractivity contribution in [3.63, 3.8) is 0 Å². The molecule has 4 nitrogen and oxygen atoms in total. The zero-order valence-corrected chi connectivity index (χ0v) is 17.2. The Morgan fingerprint density at radius 2 is 1.83 bits per heavy atom. The molecule has 6 heteroatoms. The van der Waals surface area contributed by atoms with Gasteiger partial charge in [-0.1, -0.05) is 28.1 Å². The molecule has 2 aromatic carbocycles. The van der Waals surface area contributed by atoms with Gasteiger partial charge in [0.05, 0.1) is 23.9 Å². The second kappa shape index (κ2) is 8.59. The Hall–Kier alpha value is -2.31. The lowest BCUT2D eigenvalue weighted by Crippen LogP contribution is -2.41. The van der Waals surface area contributed by atoms with E-state index in [1.807, 2.05) is 24.3 Å². The minimum atomic E-state index is -0.379. The topological polar surface area (TPSA) is 52.6 Å². The van der Waals surface area contributed by atoms with Crippen LogP contribution >= 0.6 is 15.9 Å². The maximum absolute atomic E-state index is 13.0. The fourth-order valence-electron chi connectivity index (χ4n) is 3.86. The zero-order valence-electron chi connectivity index (χ0n) is 15.6. The molecule has 0 aromatic heterocycles. The number of ether oxygens (including phenoxy) is 2. The second-order valence-corrected chi connectivity index (χ2v) is 8.28. The van der Waals surface area contributed by atoms with Gasteiger partial charge < -0.3 is 9.47 Å². The number of allylic oxidation sites excluding steroid dienone is 1. The normalized spacial score (nSPS) is 23.7. The predicted molar refractivity (Wildman–Crippen MR) is 110 cm³/mol. The Labute approximate surface area is 176 Å². The van der Waals surface area contributed by atoms with Gasteiger partial charge in [-0.05, 0) is 54.8 Å². The largest absolute Gasteiger partial charge is 0.496 e. The third-order valence-electron chi connectivity index (χ3n) is 5.48. The van der Waals surface area contributed by atoms with Gasteiger partial charge in [0.2, 0.25) is 0 Å². The van der Waals surface area contributed by atoms with Crippen LogP contribution in [0.1, 0.15) is 35.2 Å². The van der Waals surface area contributed by atoms with Crippen molar-refractivity contribution >= 4 is 33.1 Å². The fraction of sp³-hybridized carbons (Fsp3) is 0.304. The van der Waals surface area contributed by atoms with E-state index in [4.69, 9.17) is 9.47 Å². The number of hydrogen-bond donors (Lipinski definition) is 0. The van der Waals surface area contributed by atoms with Crippen LogP contribution in [0, 0.1) is 11.7 Å². The molecule has 2 aliphatic rings. The van der Waals surface area contributed by atoms with Crippen molar-refractivity contribution in [2.75, 3.05) is 6.61 Å². The minimum absolute atomic E-state index is 0.0678. The molecular weight excluding hydrogens is 439 g/mol. The quantitative estimate of drug-likeness (QED) is 0.593. The van der Waals surface area contributed by atoms with Crippen molar-refractivity contribution in [2.24, 2.45) is 5.92 Å². The predicted octanol–water partition coefficient (Wildman–Crippen LogP) is 4.97. The Balaban J connectivity index is 1.36. The molecule has 0 N–H and O–H groups in total. The second-order valence-electron chi connectivity index (χ2n) is 7.36. The molecule has 1 fully saturated rings. The van der Waals surface area contributed by atoms with Crippen LogP contribution in [0.15, 0.2) is 59.3 Å². The molecule has 1 heterocycles. The lowest BCUT2D eigenvalue weighted by atomic mass is 9.78. The number of benzene rings is 2. The molecule has 2 aromatic rings. The Morgan fingerprint density at radius 1 is 1.10 bits per heavy atom. The highest BCUT2D eigenvalue weighted by molar-refractivity contribution is 9.10. The Kier molecular flexibility index (Phi) is 5.92. The third-order valence-corrected chi connectivity index (χ3v) is 6.01. The van der Waals surface area contributed by atoms with Crippen LogP contribution < -0.4 is 0 Å². The first-order valence-corrected chi connectivity index (χ1v) is 10.4. The standard InChI is InChI=1S/C23H20BrFO4/c24-16-5-1-14(2-6-16)20-12-29-22-11-18(9-10-19(22)23(20)27)28-13-21(26)15-3-7-17(25)8-4-15/h1-8,12,18-19,22H,9-11,13H2. The molecule has 1 aliphatic carbocycles. The zero-order chi connectivity index (χ0) is 20.4. The highest BCUT2D eigenvalue weighted by Gasteiger charge is 2.40. The van der Waals surface area contributed by atoms with E-state index in [0.29, 0.717) is 30.4 Å². The van der Waals surface area contributed by atoms with E-state index < -0.39 is 0 Å². The van der Waals surface area contributed by atoms with E-state index in [1.165, 1.54) is 24.3 Å². The number of carbonyl (C=O) groups is 2. The molecule has 0 bridgehead atoms. The van der Waals surface area contributed by atoms with Gasteiger partial charge in [0, 0.05) is 16.5 Å². The lowest BCUT2D eigenvalue weighted by Gasteiger charge is -2.37. The van der Waals surface area contributed by atoms with Gasteiger partial charge in [-0.2, -0.15) is 0 Å². The molecule has 3 atom stereocenters. The van der Waals surface area contributed by atoms with E-state index in [9.17, 15) is 14.0 Å². The van der Waals surface area contributed by atoms with Gasteiger partial charge in [0.15, 0.2) is 11.6 Å². The summed E-state index contributed by atoms with van der Waals surface area (Å²) in [7, 11) is 0. The fourth-order valence-corrected chi connectivity index (χ4v) is 4.12. The Morgan fingerprint density at radius 3 is 2.55 bits per heavy atom. The van der Waals surface area contributed by atoms with Crippen molar-refractivity contribution in [3.8, 4) is 0 Å². The molecule has 0 amide bonds. The van der Waals surface area contributed by atoms with Crippen LogP contribution in [0.25, 0.3) is 5.57 Å². The van der Waals surface area contributed by atoms with Crippen molar-refractivity contribution in [2.45, 2.75) is 31.5 Å². The summed E-state index contributed by atoms with van der Waals surface area (Å²) >= 11 is 3.40. The van der Waals surface area contributed by atoms with Crippen LogP contribution in [0.2, 0.25) is 0 Å². The SMILES string of the molecule is O=C(COC1CCC2C(=O)C(c3ccc(Br)cc3)=COC2C1)c1ccc(F)cc1. The molecule has 0 spiro atoms. The van der Waals surface area contributed by atoms with Gasteiger partial charge in [-0.15, -0.1) is 0 Å². The minimum Gasteiger partial charge on any atom is -0.496 e. The number of halogens is 2. The lowest BCUT2D eigenvalue weighted by molar-refractivity contribution is -0.127. The highest BCUT2D eigenvalue weighted by Crippen LogP contribution is 2.37. The first-order valence-electron chi connectivity index (χ1n) is 9.57. The molecule has 29 heavy (non-hydrogen) atoms. The number of ketones is 2. The summed E-state index contributed by atoms with van der Waals surface area (Å²) in [5, 5.41) is 0. The number of Topliss-reactive ketones (excluding diaryl/α,β-unsaturated/α-hetero) is 2. The van der Waals surface area contributed by atoms with Crippen molar-refractivity contribution in [3.05, 3.63) is 76.2 Å².